The highest BCUT2D eigenvalue weighted by molar-refractivity contribution is 4.98. The van der Waals surface area contributed by atoms with Gasteiger partial charge in [0.1, 0.15) is 6.17 Å². The Hall–Kier alpha value is -0.660. The molecule has 1 unspecified atom stereocenters. The summed E-state index contributed by atoms with van der Waals surface area (Å²) in [5, 5.41) is 0. The summed E-state index contributed by atoms with van der Waals surface area (Å²) in [6, 6.07) is 0.612. The lowest BCUT2D eigenvalue weighted by molar-refractivity contribution is 0.114. The minimum absolute atomic E-state index is 0.612. The van der Waals surface area contributed by atoms with E-state index in [4.69, 9.17) is 0 Å². The second kappa shape index (κ2) is 13.6. The largest absolute Gasteiger partial charge is 0.356 e. The van der Waals surface area contributed by atoms with Gasteiger partial charge in [-0.15, -0.1) is 0 Å². The van der Waals surface area contributed by atoms with Gasteiger partial charge in [-0.05, 0) is 33.1 Å². The number of hydrogen-bond acceptors (Lipinski definition) is 2. The molecule has 0 fully saturated rings. The maximum atomic E-state index is 2.60. The van der Waals surface area contributed by atoms with Gasteiger partial charge in [0.2, 0.25) is 0 Å². The third-order valence-corrected chi connectivity index (χ3v) is 5.34. The minimum Gasteiger partial charge on any atom is -0.356 e. The van der Waals surface area contributed by atoms with Gasteiger partial charge in [0.15, 0.2) is 0 Å². The van der Waals surface area contributed by atoms with Crippen molar-refractivity contribution in [2.24, 2.45) is 0 Å². The van der Waals surface area contributed by atoms with Crippen LogP contribution in [0.3, 0.4) is 0 Å². The Morgan fingerprint density at radius 3 is 1.79 bits per heavy atom. The van der Waals surface area contributed by atoms with E-state index in [0.29, 0.717) is 12.2 Å². The predicted octanol–water partition coefficient (Wildman–Crippen LogP) is 6.92. The quantitative estimate of drug-likeness (QED) is 0.299. The lowest BCUT2D eigenvalue weighted by Crippen LogP contribution is -2.42. The molecule has 0 aromatic heterocycles. The van der Waals surface area contributed by atoms with Crippen molar-refractivity contribution < 1.29 is 0 Å². The fraction of sp³-hybridized carbons (Fsp3) is 0.909. The Balaban J connectivity index is 2.09. The molecule has 1 aliphatic rings. The van der Waals surface area contributed by atoms with Gasteiger partial charge in [-0.25, -0.2) is 0 Å². The molecule has 1 atom stereocenters. The Kier molecular flexibility index (Phi) is 12.1. The molecule has 0 radical (unpaired) electrons. The molecule has 2 nitrogen and oxygen atoms in total. The van der Waals surface area contributed by atoms with E-state index in [9.17, 15) is 0 Å². The van der Waals surface area contributed by atoms with Gasteiger partial charge in [-0.3, -0.25) is 0 Å². The monoisotopic (exact) mass is 336 g/mol. The van der Waals surface area contributed by atoms with Crippen LogP contribution >= 0.6 is 0 Å². The van der Waals surface area contributed by atoms with Crippen LogP contribution in [0.4, 0.5) is 0 Å². The van der Waals surface area contributed by atoms with Crippen LogP contribution in [0.25, 0.3) is 0 Å². The van der Waals surface area contributed by atoms with Crippen molar-refractivity contribution in [2.75, 3.05) is 6.54 Å². The summed E-state index contributed by atoms with van der Waals surface area (Å²) < 4.78 is 0. The van der Waals surface area contributed by atoms with Gasteiger partial charge in [0.25, 0.3) is 0 Å². The maximum Gasteiger partial charge on any atom is 0.101 e. The average Bonchev–Trinajstić information content (AvgIpc) is 2.97. The predicted molar refractivity (Wildman–Crippen MR) is 108 cm³/mol. The molecular formula is C22H44N2. The molecule has 1 rings (SSSR count). The van der Waals surface area contributed by atoms with Crippen molar-refractivity contribution in [3.8, 4) is 0 Å². The summed E-state index contributed by atoms with van der Waals surface area (Å²) in [6.45, 7) is 10.5. The first-order valence-corrected chi connectivity index (χ1v) is 10.9. The van der Waals surface area contributed by atoms with Crippen LogP contribution in [0, 0.1) is 0 Å². The fourth-order valence-corrected chi connectivity index (χ4v) is 3.76. The average molecular weight is 337 g/mol. The van der Waals surface area contributed by atoms with E-state index >= 15 is 0 Å². The third kappa shape index (κ3) is 8.44. The van der Waals surface area contributed by atoms with Crippen LogP contribution in [-0.4, -0.2) is 28.6 Å². The van der Waals surface area contributed by atoms with Gasteiger partial charge in [-0.2, -0.15) is 0 Å². The molecule has 2 heteroatoms. The Morgan fingerprint density at radius 2 is 1.25 bits per heavy atom. The lowest BCUT2D eigenvalue weighted by atomic mass is 10.1. The standard InChI is InChI=1S/C22H44N2/c1-5-7-9-10-11-12-13-14-15-16-18-23-19-20-24(21(3)4)22(23)17-8-6-2/h19-22H,5-18H2,1-4H3. The van der Waals surface area contributed by atoms with Crippen LogP contribution in [0.2, 0.25) is 0 Å². The fourth-order valence-electron chi connectivity index (χ4n) is 3.76. The molecule has 1 heterocycles. The summed E-state index contributed by atoms with van der Waals surface area (Å²) in [5.41, 5.74) is 0. The topological polar surface area (TPSA) is 6.48 Å². The van der Waals surface area contributed by atoms with Gasteiger partial charge in [-0.1, -0.05) is 78.1 Å². The first kappa shape index (κ1) is 21.4. The Labute approximate surface area is 152 Å². The molecule has 24 heavy (non-hydrogen) atoms. The molecule has 0 saturated heterocycles. The molecule has 0 aromatic rings. The second-order valence-electron chi connectivity index (χ2n) is 7.88. The SMILES string of the molecule is CCCCCCCCCCCCN1C=CN(C(C)C)C1CCCC. The highest BCUT2D eigenvalue weighted by Crippen LogP contribution is 2.24. The molecule has 0 aromatic carbocycles. The van der Waals surface area contributed by atoms with Gasteiger partial charge >= 0.3 is 0 Å². The smallest absolute Gasteiger partial charge is 0.101 e. The second-order valence-corrected chi connectivity index (χ2v) is 7.88. The van der Waals surface area contributed by atoms with Crippen molar-refractivity contribution in [2.45, 2.75) is 123 Å². The van der Waals surface area contributed by atoms with E-state index in [1.165, 1.54) is 90.0 Å². The van der Waals surface area contributed by atoms with Crippen LogP contribution in [-0.2, 0) is 0 Å². The molecular weight excluding hydrogens is 292 g/mol. The van der Waals surface area contributed by atoms with Crippen LogP contribution < -0.4 is 0 Å². The summed E-state index contributed by atoms with van der Waals surface area (Å²) in [6.07, 6.45) is 23.4. The van der Waals surface area contributed by atoms with Crippen molar-refractivity contribution in [1.82, 2.24) is 9.80 Å². The first-order chi connectivity index (χ1) is 11.7. The van der Waals surface area contributed by atoms with Gasteiger partial charge < -0.3 is 9.80 Å². The number of unbranched alkanes of at least 4 members (excludes halogenated alkanes) is 10. The zero-order valence-corrected chi connectivity index (χ0v) is 17.1. The minimum atomic E-state index is 0.612. The molecule has 1 aliphatic heterocycles. The highest BCUT2D eigenvalue weighted by Gasteiger charge is 2.26. The molecule has 0 N–H and O–H groups in total. The van der Waals surface area contributed by atoms with E-state index < -0.39 is 0 Å². The van der Waals surface area contributed by atoms with E-state index in [2.05, 4.69) is 49.9 Å². The van der Waals surface area contributed by atoms with Crippen molar-refractivity contribution in [3.05, 3.63) is 12.4 Å². The summed E-state index contributed by atoms with van der Waals surface area (Å²) >= 11 is 0. The molecule has 0 bridgehead atoms. The van der Waals surface area contributed by atoms with E-state index in [-0.39, 0.29) is 0 Å². The van der Waals surface area contributed by atoms with E-state index in [1.807, 2.05) is 0 Å². The molecule has 0 spiro atoms. The summed E-state index contributed by atoms with van der Waals surface area (Å²) in [4.78, 5) is 5.15. The first-order valence-electron chi connectivity index (χ1n) is 10.9. The van der Waals surface area contributed by atoms with Crippen molar-refractivity contribution in [1.29, 1.82) is 0 Å². The molecule has 0 amide bonds. The van der Waals surface area contributed by atoms with Crippen molar-refractivity contribution >= 4 is 0 Å². The highest BCUT2D eigenvalue weighted by atomic mass is 15.4. The number of hydrogen-bond donors (Lipinski definition) is 0. The van der Waals surface area contributed by atoms with Crippen LogP contribution in [0.15, 0.2) is 12.4 Å². The molecule has 0 saturated carbocycles. The van der Waals surface area contributed by atoms with Crippen LogP contribution in [0.5, 0.6) is 0 Å². The van der Waals surface area contributed by atoms with Gasteiger partial charge in [0.05, 0.1) is 0 Å². The lowest BCUT2D eigenvalue weighted by Gasteiger charge is -2.35. The zero-order chi connectivity index (χ0) is 17.6. The van der Waals surface area contributed by atoms with Gasteiger partial charge in [0, 0.05) is 25.0 Å². The Morgan fingerprint density at radius 1 is 0.708 bits per heavy atom. The summed E-state index contributed by atoms with van der Waals surface area (Å²) in [7, 11) is 0. The maximum absolute atomic E-state index is 2.60. The Bertz CT molecular complexity index is 311. The number of nitrogens with zero attached hydrogens (tertiary/aromatic N) is 2. The molecule has 142 valence electrons. The zero-order valence-electron chi connectivity index (χ0n) is 17.1. The van der Waals surface area contributed by atoms with E-state index in [1.54, 1.807) is 0 Å². The van der Waals surface area contributed by atoms with Crippen molar-refractivity contribution in [3.63, 3.8) is 0 Å². The molecule has 0 aliphatic carbocycles. The van der Waals surface area contributed by atoms with Crippen LogP contribution in [0.1, 0.15) is 111 Å². The number of rotatable bonds is 15. The van der Waals surface area contributed by atoms with E-state index in [0.717, 1.165) is 0 Å². The third-order valence-electron chi connectivity index (χ3n) is 5.34. The summed E-state index contributed by atoms with van der Waals surface area (Å²) in [5.74, 6) is 0. The normalized spacial score (nSPS) is 17.5.